The number of thioether (sulfide) groups is 1. The average Bonchev–Trinajstić information content (AvgIpc) is 2.73. The van der Waals surface area contributed by atoms with E-state index in [1.54, 1.807) is 30.5 Å². The van der Waals surface area contributed by atoms with Gasteiger partial charge in [0.05, 0.1) is 15.7 Å². The number of nitro groups is 1. The van der Waals surface area contributed by atoms with Crippen LogP contribution in [0.25, 0.3) is 0 Å². The van der Waals surface area contributed by atoms with E-state index in [2.05, 4.69) is 11.1 Å². The summed E-state index contributed by atoms with van der Waals surface area (Å²) in [6, 6.07) is 11.8. The molecule has 144 valence electrons. The van der Waals surface area contributed by atoms with Gasteiger partial charge in [-0.25, -0.2) is 4.98 Å². The molecule has 2 aromatic rings. The molecule has 9 heteroatoms. The summed E-state index contributed by atoms with van der Waals surface area (Å²) in [5, 5.41) is 19.7. The molecule has 0 spiro atoms. The minimum Gasteiger partial charge on any atom is -0.352 e. The molecule has 1 aliphatic heterocycles. The minimum atomic E-state index is -0.443. The van der Waals surface area contributed by atoms with Crippen LogP contribution in [0.1, 0.15) is 12.5 Å². The van der Waals surface area contributed by atoms with Crippen LogP contribution in [0.3, 0.4) is 0 Å². The molecule has 1 fully saturated rings. The summed E-state index contributed by atoms with van der Waals surface area (Å²) in [6.45, 7) is 4.20. The molecule has 1 amide bonds. The second-order valence-corrected chi connectivity index (χ2v) is 7.72. The van der Waals surface area contributed by atoms with Crippen molar-refractivity contribution in [1.29, 1.82) is 5.26 Å². The largest absolute Gasteiger partial charge is 0.352 e. The maximum Gasteiger partial charge on any atom is 0.269 e. The van der Waals surface area contributed by atoms with Crippen LogP contribution >= 0.6 is 11.8 Å². The smallest absolute Gasteiger partial charge is 0.269 e. The van der Waals surface area contributed by atoms with Gasteiger partial charge in [0.15, 0.2) is 0 Å². The summed E-state index contributed by atoms with van der Waals surface area (Å²) in [4.78, 5) is 32.0. The van der Waals surface area contributed by atoms with Crippen LogP contribution in [0.4, 0.5) is 11.5 Å². The number of hydrogen-bond donors (Lipinski definition) is 0. The molecule has 0 radical (unpaired) electrons. The molecule has 0 aliphatic carbocycles. The zero-order valence-electron chi connectivity index (χ0n) is 15.3. The van der Waals surface area contributed by atoms with Gasteiger partial charge in [0.2, 0.25) is 5.91 Å². The zero-order chi connectivity index (χ0) is 20.1. The zero-order valence-corrected chi connectivity index (χ0v) is 16.1. The Morgan fingerprint density at radius 1 is 1.25 bits per heavy atom. The lowest BCUT2D eigenvalue weighted by Gasteiger charge is -2.36. The molecule has 1 unspecified atom stereocenters. The lowest BCUT2D eigenvalue weighted by molar-refractivity contribution is -0.384. The first kappa shape index (κ1) is 19.6. The second kappa shape index (κ2) is 8.71. The summed E-state index contributed by atoms with van der Waals surface area (Å²) in [6.07, 6.45) is 1.66. The Balaban J connectivity index is 1.57. The molecule has 1 atom stereocenters. The topological polar surface area (TPSA) is 103 Å². The highest BCUT2D eigenvalue weighted by molar-refractivity contribution is 8.00. The van der Waals surface area contributed by atoms with Gasteiger partial charge >= 0.3 is 0 Å². The van der Waals surface area contributed by atoms with Crippen LogP contribution in [0.2, 0.25) is 0 Å². The maximum absolute atomic E-state index is 12.8. The van der Waals surface area contributed by atoms with Crippen molar-refractivity contribution in [1.82, 2.24) is 9.88 Å². The highest BCUT2D eigenvalue weighted by Gasteiger charge is 2.27. The number of rotatable bonds is 5. The molecule has 8 nitrogen and oxygen atoms in total. The highest BCUT2D eigenvalue weighted by atomic mass is 32.2. The number of pyridine rings is 1. The standard InChI is InChI=1S/C19H19N5O3S/c1-14(28-17-6-4-16(5-7-17)24(26)27)19(25)23-11-9-22(10-12-23)18-15(13-20)3-2-8-21-18/h2-8,14H,9-12H2,1H3. The lowest BCUT2D eigenvalue weighted by Crippen LogP contribution is -2.51. The van der Waals surface area contributed by atoms with Gasteiger partial charge in [-0.15, -0.1) is 11.8 Å². The molecule has 2 heterocycles. The number of hydrogen-bond acceptors (Lipinski definition) is 7. The van der Waals surface area contributed by atoms with Crippen LogP contribution in [0, 0.1) is 21.4 Å². The second-order valence-electron chi connectivity index (χ2n) is 6.31. The fraction of sp³-hybridized carbons (Fsp3) is 0.316. The Morgan fingerprint density at radius 3 is 2.54 bits per heavy atom. The predicted octanol–water partition coefficient (Wildman–Crippen LogP) is 2.69. The SMILES string of the molecule is CC(Sc1ccc([N+](=O)[O-])cc1)C(=O)N1CCN(c2ncccc2C#N)CC1. The quantitative estimate of drug-likeness (QED) is 0.434. The van der Waals surface area contributed by atoms with Crippen molar-refractivity contribution in [2.75, 3.05) is 31.1 Å². The number of piperazine rings is 1. The van der Waals surface area contributed by atoms with Crippen molar-refractivity contribution in [3.8, 4) is 6.07 Å². The normalized spacial score (nSPS) is 15.0. The van der Waals surface area contributed by atoms with Gasteiger partial charge in [-0.05, 0) is 31.2 Å². The van der Waals surface area contributed by atoms with Crippen molar-refractivity contribution in [3.63, 3.8) is 0 Å². The van der Waals surface area contributed by atoms with E-state index in [4.69, 9.17) is 0 Å². The number of carbonyl (C=O) groups excluding carboxylic acids is 1. The van der Waals surface area contributed by atoms with Gasteiger partial charge in [0.25, 0.3) is 5.69 Å². The third kappa shape index (κ3) is 4.40. The van der Waals surface area contributed by atoms with E-state index in [9.17, 15) is 20.2 Å². The maximum atomic E-state index is 12.8. The third-order valence-electron chi connectivity index (χ3n) is 4.51. The van der Waals surface area contributed by atoms with Crippen LogP contribution in [-0.4, -0.2) is 52.1 Å². The van der Waals surface area contributed by atoms with Crippen molar-refractivity contribution in [2.45, 2.75) is 17.1 Å². The number of amides is 1. The Bertz CT molecular complexity index is 905. The molecular weight excluding hydrogens is 378 g/mol. The molecule has 1 aliphatic rings. The number of non-ortho nitro benzene ring substituents is 1. The van der Waals surface area contributed by atoms with Gasteiger partial charge in [0.1, 0.15) is 11.9 Å². The van der Waals surface area contributed by atoms with Gasteiger partial charge in [-0.3, -0.25) is 14.9 Å². The van der Waals surface area contributed by atoms with E-state index < -0.39 is 4.92 Å². The van der Waals surface area contributed by atoms with Gasteiger partial charge in [-0.2, -0.15) is 5.26 Å². The summed E-state index contributed by atoms with van der Waals surface area (Å²) in [5.74, 6) is 0.690. The summed E-state index contributed by atoms with van der Waals surface area (Å²) in [7, 11) is 0. The van der Waals surface area contributed by atoms with Crippen molar-refractivity contribution in [2.24, 2.45) is 0 Å². The molecule has 1 aromatic carbocycles. The van der Waals surface area contributed by atoms with E-state index in [1.165, 1.54) is 23.9 Å². The summed E-state index contributed by atoms with van der Waals surface area (Å²) >= 11 is 1.39. The van der Waals surface area contributed by atoms with E-state index in [-0.39, 0.29) is 16.8 Å². The van der Waals surface area contributed by atoms with Gasteiger partial charge < -0.3 is 9.80 Å². The van der Waals surface area contributed by atoms with Crippen molar-refractivity contribution in [3.05, 3.63) is 58.3 Å². The number of carbonyl (C=O) groups is 1. The number of aromatic nitrogens is 1. The first-order valence-corrected chi connectivity index (χ1v) is 9.67. The van der Waals surface area contributed by atoms with E-state index in [0.29, 0.717) is 37.6 Å². The number of nitriles is 1. The van der Waals surface area contributed by atoms with Crippen LogP contribution in [0.5, 0.6) is 0 Å². The van der Waals surface area contributed by atoms with Gasteiger partial charge in [-0.1, -0.05) is 0 Å². The first-order chi connectivity index (χ1) is 13.5. The third-order valence-corrected chi connectivity index (χ3v) is 5.61. The summed E-state index contributed by atoms with van der Waals surface area (Å²) < 4.78 is 0. The van der Waals surface area contributed by atoms with E-state index in [0.717, 1.165) is 4.90 Å². The molecule has 0 saturated carbocycles. The predicted molar refractivity (Wildman–Crippen MR) is 106 cm³/mol. The van der Waals surface area contributed by atoms with Crippen molar-refractivity contribution >= 4 is 29.2 Å². The molecule has 0 N–H and O–H groups in total. The van der Waals surface area contributed by atoms with Crippen LogP contribution < -0.4 is 4.90 Å². The Kier molecular flexibility index (Phi) is 6.11. The van der Waals surface area contributed by atoms with Crippen LogP contribution in [0.15, 0.2) is 47.5 Å². The lowest BCUT2D eigenvalue weighted by atomic mass is 10.2. The molecule has 3 rings (SSSR count). The molecular formula is C19H19N5O3S. The fourth-order valence-electron chi connectivity index (χ4n) is 3.03. The van der Waals surface area contributed by atoms with E-state index >= 15 is 0 Å². The Hall–Kier alpha value is -3.12. The van der Waals surface area contributed by atoms with Crippen LogP contribution in [-0.2, 0) is 4.79 Å². The molecule has 1 saturated heterocycles. The minimum absolute atomic E-state index is 0.0320. The monoisotopic (exact) mass is 397 g/mol. The highest BCUT2D eigenvalue weighted by Crippen LogP contribution is 2.27. The Morgan fingerprint density at radius 2 is 1.93 bits per heavy atom. The Labute approximate surface area is 166 Å². The molecule has 0 bridgehead atoms. The van der Waals surface area contributed by atoms with Gasteiger partial charge in [0, 0.05) is 49.4 Å². The number of nitrogens with zero attached hydrogens (tertiary/aromatic N) is 5. The van der Waals surface area contributed by atoms with E-state index in [1.807, 2.05) is 16.7 Å². The number of benzene rings is 1. The number of nitro benzene ring substituents is 1. The first-order valence-electron chi connectivity index (χ1n) is 8.79. The molecule has 1 aromatic heterocycles. The summed E-state index contributed by atoms with van der Waals surface area (Å²) in [5.41, 5.74) is 0.565. The molecule has 28 heavy (non-hydrogen) atoms. The number of anilines is 1. The van der Waals surface area contributed by atoms with Crippen molar-refractivity contribution < 1.29 is 9.72 Å². The average molecular weight is 397 g/mol. The fourth-order valence-corrected chi connectivity index (χ4v) is 3.98.